The van der Waals surface area contributed by atoms with E-state index in [1.807, 2.05) is 0 Å². The molecule has 2 nitrogen and oxygen atoms in total. The summed E-state index contributed by atoms with van der Waals surface area (Å²) in [5.74, 6) is 0. The number of aryl methyl sites for hydroxylation is 3. The first kappa shape index (κ1) is 14.5. The minimum atomic E-state index is 0.858. The molecule has 0 spiro atoms. The lowest BCUT2D eigenvalue weighted by molar-refractivity contribution is 0.825. The number of rotatable bonds is 3. The molecule has 2 aromatic rings. The van der Waals surface area contributed by atoms with E-state index in [9.17, 15) is 0 Å². The van der Waals surface area contributed by atoms with Crippen molar-refractivity contribution in [3.63, 3.8) is 0 Å². The van der Waals surface area contributed by atoms with Crippen LogP contribution >= 0.6 is 15.9 Å². The van der Waals surface area contributed by atoms with Crippen molar-refractivity contribution < 1.29 is 0 Å². The summed E-state index contributed by atoms with van der Waals surface area (Å²) in [6, 6.07) is 11.0. The monoisotopic (exact) mass is 344 g/mol. The maximum Gasteiger partial charge on any atom is 0.0423 e. The molecule has 0 radical (unpaired) electrons. The molecule has 0 fully saturated rings. The van der Waals surface area contributed by atoms with E-state index in [1.54, 1.807) is 0 Å². The van der Waals surface area contributed by atoms with E-state index in [0.29, 0.717) is 0 Å². The highest BCUT2D eigenvalue weighted by molar-refractivity contribution is 9.10. The number of fused-ring (bicyclic) bond motifs is 1. The molecule has 0 amide bonds. The molecule has 0 aliphatic carbocycles. The summed E-state index contributed by atoms with van der Waals surface area (Å²) in [7, 11) is 0. The van der Waals surface area contributed by atoms with Gasteiger partial charge < -0.3 is 10.6 Å². The van der Waals surface area contributed by atoms with Crippen LogP contribution in [0.25, 0.3) is 0 Å². The minimum absolute atomic E-state index is 0.858. The summed E-state index contributed by atoms with van der Waals surface area (Å²) in [4.78, 5) is 0. The predicted octanol–water partition coefficient (Wildman–Crippen LogP) is 5.04. The van der Waals surface area contributed by atoms with Crippen molar-refractivity contribution in [1.82, 2.24) is 0 Å². The van der Waals surface area contributed by atoms with Crippen molar-refractivity contribution in [2.24, 2.45) is 0 Å². The molecule has 3 rings (SSSR count). The number of anilines is 2. The van der Waals surface area contributed by atoms with Gasteiger partial charge in [-0.05, 0) is 61.1 Å². The first-order valence-corrected chi connectivity index (χ1v) is 8.29. The predicted molar refractivity (Wildman–Crippen MR) is 94.2 cm³/mol. The SMILES string of the molecule is Cc1cc(NCc2cccc3c2NCCC3)cc(C)c1Br. The zero-order chi connectivity index (χ0) is 14.8. The standard InChI is InChI=1S/C18H21BrN2/c1-12-9-16(10-13(2)17(12)19)21-11-15-6-3-5-14-7-4-8-20-18(14)15/h3,5-6,9-10,20-21H,4,7-8,11H2,1-2H3. The van der Waals surface area contributed by atoms with E-state index in [4.69, 9.17) is 0 Å². The van der Waals surface area contributed by atoms with Crippen molar-refractivity contribution in [2.75, 3.05) is 17.2 Å². The third kappa shape index (κ3) is 3.08. The third-order valence-electron chi connectivity index (χ3n) is 4.08. The molecule has 0 bridgehead atoms. The largest absolute Gasteiger partial charge is 0.385 e. The van der Waals surface area contributed by atoms with Crippen LogP contribution in [-0.4, -0.2) is 6.54 Å². The fourth-order valence-corrected chi connectivity index (χ4v) is 3.20. The average molecular weight is 345 g/mol. The van der Waals surface area contributed by atoms with Gasteiger partial charge in [-0.2, -0.15) is 0 Å². The van der Waals surface area contributed by atoms with Crippen LogP contribution < -0.4 is 10.6 Å². The molecule has 0 saturated heterocycles. The first-order valence-electron chi connectivity index (χ1n) is 7.50. The van der Waals surface area contributed by atoms with Gasteiger partial charge in [0.25, 0.3) is 0 Å². The van der Waals surface area contributed by atoms with Crippen molar-refractivity contribution in [3.05, 3.63) is 57.1 Å². The van der Waals surface area contributed by atoms with Gasteiger partial charge in [0.05, 0.1) is 0 Å². The molecule has 110 valence electrons. The lowest BCUT2D eigenvalue weighted by Crippen LogP contribution is -2.15. The van der Waals surface area contributed by atoms with Crippen molar-refractivity contribution in [1.29, 1.82) is 0 Å². The second kappa shape index (κ2) is 6.10. The molecule has 0 unspecified atom stereocenters. The molecular formula is C18H21BrN2. The number of halogens is 1. The highest BCUT2D eigenvalue weighted by Crippen LogP contribution is 2.28. The van der Waals surface area contributed by atoms with Crippen LogP contribution in [0.15, 0.2) is 34.8 Å². The Kier molecular flexibility index (Phi) is 4.20. The summed E-state index contributed by atoms with van der Waals surface area (Å²) in [6.45, 7) is 6.21. The molecule has 21 heavy (non-hydrogen) atoms. The van der Waals surface area contributed by atoms with E-state index in [0.717, 1.165) is 13.1 Å². The van der Waals surface area contributed by atoms with Gasteiger partial charge in [0.2, 0.25) is 0 Å². The number of para-hydroxylation sites is 1. The summed E-state index contributed by atoms with van der Waals surface area (Å²) in [5, 5.41) is 7.11. The van der Waals surface area contributed by atoms with Crippen molar-refractivity contribution >= 4 is 27.3 Å². The quantitative estimate of drug-likeness (QED) is 0.815. The highest BCUT2D eigenvalue weighted by Gasteiger charge is 2.12. The molecule has 3 heteroatoms. The molecule has 0 aromatic heterocycles. The van der Waals surface area contributed by atoms with Crippen molar-refractivity contribution in [2.45, 2.75) is 33.2 Å². The van der Waals surface area contributed by atoms with E-state index in [2.05, 4.69) is 70.7 Å². The Morgan fingerprint density at radius 1 is 1.19 bits per heavy atom. The molecule has 1 aliphatic rings. The smallest absolute Gasteiger partial charge is 0.0423 e. The van der Waals surface area contributed by atoms with E-state index in [-0.39, 0.29) is 0 Å². The zero-order valence-corrected chi connectivity index (χ0v) is 14.2. The topological polar surface area (TPSA) is 24.1 Å². The maximum absolute atomic E-state index is 3.62. The summed E-state index contributed by atoms with van der Waals surface area (Å²) in [5.41, 5.74) is 7.86. The van der Waals surface area contributed by atoms with Crippen LogP contribution in [0.5, 0.6) is 0 Å². The molecule has 1 aliphatic heterocycles. The number of nitrogens with one attached hydrogen (secondary N) is 2. The van der Waals surface area contributed by atoms with E-state index in [1.165, 1.54) is 50.9 Å². The fraction of sp³-hybridized carbons (Fsp3) is 0.333. The van der Waals surface area contributed by atoms with Crippen LogP contribution in [0.3, 0.4) is 0 Å². The summed E-state index contributed by atoms with van der Waals surface area (Å²) >= 11 is 3.62. The molecule has 2 aromatic carbocycles. The second-order valence-corrected chi connectivity index (χ2v) is 6.55. The lowest BCUT2D eigenvalue weighted by atomic mass is 9.99. The molecule has 0 saturated carbocycles. The average Bonchev–Trinajstić information content (AvgIpc) is 2.50. The minimum Gasteiger partial charge on any atom is -0.385 e. The molecule has 1 heterocycles. The van der Waals surface area contributed by atoms with Crippen LogP contribution in [-0.2, 0) is 13.0 Å². The van der Waals surface area contributed by atoms with Gasteiger partial charge in [0, 0.05) is 28.9 Å². The Bertz CT molecular complexity index is 641. The molecular weight excluding hydrogens is 324 g/mol. The summed E-state index contributed by atoms with van der Waals surface area (Å²) < 4.78 is 1.20. The highest BCUT2D eigenvalue weighted by atomic mass is 79.9. The van der Waals surface area contributed by atoms with Crippen LogP contribution in [0.1, 0.15) is 28.7 Å². The lowest BCUT2D eigenvalue weighted by Gasteiger charge is -2.21. The van der Waals surface area contributed by atoms with E-state index < -0.39 is 0 Å². The Morgan fingerprint density at radius 3 is 2.71 bits per heavy atom. The Labute approximate surface area is 135 Å². The van der Waals surface area contributed by atoms with Gasteiger partial charge in [-0.15, -0.1) is 0 Å². The molecule has 0 atom stereocenters. The number of hydrogen-bond donors (Lipinski definition) is 2. The zero-order valence-electron chi connectivity index (χ0n) is 12.6. The number of benzene rings is 2. The van der Waals surface area contributed by atoms with Crippen LogP contribution in [0.2, 0.25) is 0 Å². The van der Waals surface area contributed by atoms with Crippen molar-refractivity contribution in [3.8, 4) is 0 Å². The Hall–Kier alpha value is -1.48. The van der Waals surface area contributed by atoms with Gasteiger partial charge in [0.1, 0.15) is 0 Å². The normalized spacial score (nSPS) is 13.5. The third-order valence-corrected chi connectivity index (χ3v) is 5.33. The van der Waals surface area contributed by atoms with Gasteiger partial charge in [0.15, 0.2) is 0 Å². The first-order chi connectivity index (χ1) is 10.1. The van der Waals surface area contributed by atoms with Gasteiger partial charge in [-0.25, -0.2) is 0 Å². The number of hydrogen-bond acceptors (Lipinski definition) is 2. The maximum atomic E-state index is 3.62. The van der Waals surface area contributed by atoms with Gasteiger partial charge in [-0.1, -0.05) is 34.1 Å². The second-order valence-electron chi connectivity index (χ2n) is 5.76. The van der Waals surface area contributed by atoms with Crippen LogP contribution in [0, 0.1) is 13.8 Å². The summed E-state index contributed by atoms with van der Waals surface area (Å²) in [6.07, 6.45) is 2.42. The molecule has 2 N–H and O–H groups in total. The van der Waals surface area contributed by atoms with Crippen LogP contribution in [0.4, 0.5) is 11.4 Å². The fourth-order valence-electron chi connectivity index (χ4n) is 2.97. The van der Waals surface area contributed by atoms with E-state index >= 15 is 0 Å². The van der Waals surface area contributed by atoms with Gasteiger partial charge in [-0.3, -0.25) is 0 Å². The Balaban J connectivity index is 1.79. The Morgan fingerprint density at radius 2 is 1.95 bits per heavy atom. The van der Waals surface area contributed by atoms with Gasteiger partial charge >= 0.3 is 0 Å².